The van der Waals surface area contributed by atoms with Gasteiger partial charge in [-0.25, -0.2) is 5.09 Å². The molecule has 1 saturated heterocycles. The number of esters is 1. The molecular weight excluding hydrogens is 559 g/mol. The number of terminal acetylenes is 1. The Morgan fingerprint density at radius 1 is 1.38 bits per heavy atom. The van der Waals surface area contributed by atoms with Crippen molar-refractivity contribution in [1.82, 2.24) is 10.1 Å². The van der Waals surface area contributed by atoms with Gasteiger partial charge in [-0.3, -0.25) is 14.6 Å². The smallest absolute Gasteiger partial charge is 0.323 e. The number of pyridine rings is 1. The molecule has 0 saturated carbocycles. The van der Waals surface area contributed by atoms with Gasteiger partial charge in [-0.05, 0) is 56.3 Å². The molecule has 2 aliphatic rings. The molecule has 0 spiro atoms. The summed E-state index contributed by atoms with van der Waals surface area (Å²) >= 11 is 5.70. The van der Waals surface area contributed by atoms with Crippen LogP contribution in [-0.4, -0.2) is 70.0 Å². The van der Waals surface area contributed by atoms with E-state index < -0.39 is 54.0 Å². The third-order valence-electron chi connectivity index (χ3n) is 6.33. The number of rotatable bonds is 10. The number of aromatic amines is 1. The number of carbonyl (C=O) groups excluding carboxylic acids is 1. The van der Waals surface area contributed by atoms with E-state index in [2.05, 4.69) is 21.0 Å². The van der Waals surface area contributed by atoms with E-state index >= 15 is 0 Å². The molecule has 14 heteroatoms. The molecular formula is C26H31N4O8PS. The average Bonchev–Trinajstić information content (AvgIpc) is 3.42. The van der Waals surface area contributed by atoms with Gasteiger partial charge >= 0.3 is 12.6 Å². The van der Waals surface area contributed by atoms with E-state index in [4.69, 9.17) is 42.5 Å². The fraction of sp³-hybridized carbons (Fsp3) is 0.423. The van der Waals surface area contributed by atoms with E-state index in [-0.39, 0.29) is 24.2 Å². The molecule has 1 aromatic carbocycles. The molecule has 0 aliphatic carbocycles. The van der Waals surface area contributed by atoms with Crippen molar-refractivity contribution in [3.63, 3.8) is 0 Å². The number of ether oxygens (including phenoxy) is 2. The predicted octanol–water partition coefficient (Wildman–Crippen LogP) is 1.50. The Morgan fingerprint density at radius 3 is 2.73 bits per heavy atom. The van der Waals surface area contributed by atoms with Gasteiger partial charge in [0.25, 0.3) is 5.56 Å². The first-order valence-electron chi connectivity index (χ1n) is 12.4. The summed E-state index contributed by atoms with van der Waals surface area (Å²) in [6, 6.07) is 9.22. The molecule has 0 radical (unpaired) electrons. The first kappa shape index (κ1) is 29.9. The molecule has 0 amide bonds. The lowest BCUT2D eigenvalue weighted by Crippen LogP contribution is -2.49. The molecule has 1 aromatic heterocycles. The number of H-pyrrole nitrogens is 1. The van der Waals surface area contributed by atoms with E-state index in [0.717, 1.165) is 0 Å². The molecule has 214 valence electrons. The van der Waals surface area contributed by atoms with Gasteiger partial charge < -0.3 is 39.5 Å². The van der Waals surface area contributed by atoms with Gasteiger partial charge in [-0.2, -0.15) is 0 Å². The highest BCUT2D eigenvalue weighted by molar-refractivity contribution is 8.09. The Bertz CT molecular complexity index is 1430. The van der Waals surface area contributed by atoms with Gasteiger partial charge in [-0.1, -0.05) is 24.1 Å². The van der Waals surface area contributed by atoms with Crippen molar-refractivity contribution in [3.8, 4) is 18.1 Å². The molecule has 7 atom stereocenters. The van der Waals surface area contributed by atoms with E-state index in [1.54, 1.807) is 51.1 Å². The number of nitrogen functional groups attached to an aromatic ring is 1. The molecule has 6 N–H and O–H groups in total. The Balaban J connectivity index is 1.56. The molecule has 2 unspecified atom stereocenters. The number of aliphatic hydroxyl groups is 2. The van der Waals surface area contributed by atoms with E-state index in [0.29, 0.717) is 11.3 Å². The Morgan fingerprint density at radius 2 is 2.08 bits per heavy atom. The Labute approximate surface area is 236 Å². The second-order valence-corrected chi connectivity index (χ2v) is 12.8. The maximum atomic E-state index is 12.5. The van der Waals surface area contributed by atoms with Crippen molar-refractivity contribution in [3.05, 3.63) is 52.3 Å². The Hall–Kier alpha value is -3.08. The standard InChI is InChI=1S/C26H31N4O8PS/c1-5-26(34)22(31)19(37-23(26)18-12-28-21-17(18)11-20(27)29-24(21)32)13-35-39(40,38-16-9-7-6-8-10-16)30-15(4)25(33)36-14(2)3/h1,6-12,14-15,18-19,22-23,31,34H,13H2,2-4H3,(H,30,40)(H3,27,29,32)/t15-,18?,19+,22+,23-,26+,39?/m0/s1. The Kier molecular flexibility index (Phi) is 8.82. The summed E-state index contributed by atoms with van der Waals surface area (Å²) in [5, 5.41) is 25.3. The number of anilines is 1. The van der Waals surface area contributed by atoms with Crippen molar-refractivity contribution in [1.29, 1.82) is 0 Å². The number of nitrogens with two attached hydrogens (primary N) is 1. The molecule has 2 aliphatic heterocycles. The van der Waals surface area contributed by atoms with E-state index in [1.165, 1.54) is 12.3 Å². The SMILES string of the molecule is C#C[C@@]1(O)[C@H](O)[C@@H](COP(=S)(N[C@@H](C)C(=O)OC(C)C)Oc2ccccc2)O[C@H]1C1C=Nc2c1cc(N)[nH]c2=O. The zero-order chi connectivity index (χ0) is 29.2. The third kappa shape index (κ3) is 6.14. The summed E-state index contributed by atoms with van der Waals surface area (Å²) in [5.74, 6) is 1.37. The lowest BCUT2D eigenvalue weighted by atomic mass is 9.82. The topological polar surface area (TPSA) is 178 Å². The quantitative estimate of drug-likeness (QED) is 0.154. The first-order chi connectivity index (χ1) is 18.9. The minimum Gasteiger partial charge on any atom is -0.462 e. The van der Waals surface area contributed by atoms with Gasteiger partial charge in [0.15, 0.2) is 5.60 Å². The monoisotopic (exact) mass is 590 g/mol. The fourth-order valence-electron chi connectivity index (χ4n) is 4.44. The highest BCUT2D eigenvalue weighted by atomic mass is 32.5. The van der Waals surface area contributed by atoms with Crippen LogP contribution < -0.4 is 20.9 Å². The number of aliphatic hydroxyl groups excluding tert-OH is 1. The van der Waals surface area contributed by atoms with Gasteiger partial charge in [0.2, 0.25) is 0 Å². The van der Waals surface area contributed by atoms with Crippen LogP contribution in [0.1, 0.15) is 32.3 Å². The summed E-state index contributed by atoms with van der Waals surface area (Å²) in [6.45, 7) is 1.17. The third-order valence-corrected chi connectivity index (χ3v) is 8.83. The second kappa shape index (κ2) is 11.8. The van der Waals surface area contributed by atoms with Gasteiger partial charge in [0.1, 0.15) is 41.6 Å². The highest BCUT2D eigenvalue weighted by Crippen LogP contribution is 2.48. The average molecular weight is 591 g/mol. The van der Waals surface area contributed by atoms with Gasteiger partial charge in [0.05, 0.1) is 18.6 Å². The predicted molar refractivity (Wildman–Crippen MR) is 152 cm³/mol. The summed E-state index contributed by atoms with van der Waals surface area (Å²) in [6.07, 6.45) is 2.75. The van der Waals surface area contributed by atoms with Crippen LogP contribution in [0.2, 0.25) is 0 Å². The number of nitrogens with one attached hydrogen (secondary N) is 2. The lowest BCUT2D eigenvalue weighted by Gasteiger charge is -2.29. The summed E-state index contributed by atoms with van der Waals surface area (Å²) in [5.41, 5.74) is 3.63. The number of para-hydroxylation sites is 1. The van der Waals surface area contributed by atoms with Crippen LogP contribution in [0.5, 0.6) is 5.75 Å². The van der Waals surface area contributed by atoms with Gasteiger partial charge in [0, 0.05) is 6.21 Å². The maximum Gasteiger partial charge on any atom is 0.323 e. The number of hydrogen-bond donors (Lipinski definition) is 5. The number of carbonyl (C=O) groups is 1. The normalized spacial score (nSPS) is 27.5. The number of nitrogens with zero attached hydrogens (tertiary/aromatic N) is 1. The zero-order valence-electron chi connectivity index (χ0n) is 22.0. The number of aliphatic imine (C=N–C) groups is 1. The van der Waals surface area contributed by atoms with E-state index in [1.807, 2.05) is 0 Å². The van der Waals surface area contributed by atoms with Crippen molar-refractivity contribution in [2.24, 2.45) is 4.99 Å². The van der Waals surface area contributed by atoms with E-state index in [9.17, 15) is 19.8 Å². The van der Waals surface area contributed by atoms with Crippen LogP contribution >= 0.6 is 6.64 Å². The summed E-state index contributed by atoms with van der Waals surface area (Å²) < 4.78 is 23.2. The minimum absolute atomic E-state index is 0.0943. The van der Waals surface area contributed by atoms with Crippen molar-refractivity contribution < 1.29 is 33.5 Å². The van der Waals surface area contributed by atoms with Crippen molar-refractivity contribution in [2.45, 2.75) is 62.7 Å². The number of hydrogen-bond acceptors (Lipinski definition) is 11. The summed E-state index contributed by atoms with van der Waals surface area (Å²) in [4.78, 5) is 31.3. The van der Waals surface area contributed by atoms with Crippen molar-refractivity contribution >= 4 is 42.1 Å². The molecule has 0 bridgehead atoms. The van der Waals surface area contributed by atoms with Crippen LogP contribution in [-0.2, 0) is 30.6 Å². The molecule has 40 heavy (non-hydrogen) atoms. The summed E-state index contributed by atoms with van der Waals surface area (Å²) in [7, 11) is 0. The molecule has 12 nitrogen and oxygen atoms in total. The minimum atomic E-state index is -3.47. The highest BCUT2D eigenvalue weighted by Gasteiger charge is 2.58. The zero-order valence-corrected chi connectivity index (χ0v) is 23.7. The number of benzene rings is 1. The van der Waals surface area contributed by atoms with Crippen LogP contribution in [0.15, 0.2) is 46.2 Å². The fourth-order valence-corrected chi connectivity index (χ4v) is 6.85. The van der Waals surface area contributed by atoms with Gasteiger partial charge in [-0.15, -0.1) is 6.42 Å². The van der Waals surface area contributed by atoms with Crippen molar-refractivity contribution in [2.75, 3.05) is 12.3 Å². The number of aromatic nitrogens is 1. The van der Waals surface area contributed by atoms with Crippen LogP contribution in [0.25, 0.3) is 0 Å². The largest absolute Gasteiger partial charge is 0.462 e. The number of fused-ring (bicyclic) bond motifs is 1. The maximum absolute atomic E-state index is 12.5. The molecule has 3 heterocycles. The van der Waals surface area contributed by atoms with Crippen LogP contribution in [0.3, 0.4) is 0 Å². The molecule has 4 rings (SSSR count). The first-order valence-corrected chi connectivity index (χ1v) is 15.1. The van der Waals surface area contributed by atoms with Crippen LogP contribution in [0.4, 0.5) is 11.5 Å². The molecule has 2 aromatic rings. The lowest BCUT2D eigenvalue weighted by molar-refractivity contribution is -0.149. The van der Waals surface area contributed by atoms with Crippen LogP contribution in [0, 0.1) is 12.3 Å². The second-order valence-electron chi connectivity index (χ2n) is 9.71. The molecule has 1 fully saturated rings.